The van der Waals surface area contributed by atoms with Crippen molar-refractivity contribution in [2.45, 2.75) is 19.9 Å². The van der Waals surface area contributed by atoms with E-state index < -0.39 is 0 Å². The summed E-state index contributed by atoms with van der Waals surface area (Å²) in [5, 5.41) is 0. The van der Waals surface area contributed by atoms with Gasteiger partial charge < -0.3 is 10.6 Å². The van der Waals surface area contributed by atoms with Gasteiger partial charge in [-0.3, -0.25) is 9.88 Å². The molecule has 0 radical (unpaired) electrons. The van der Waals surface area contributed by atoms with Crippen molar-refractivity contribution >= 4 is 11.4 Å². The van der Waals surface area contributed by atoms with Crippen LogP contribution in [0.1, 0.15) is 13.8 Å². The zero-order chi connectivity index (χ0) is 11.5. The van der Waals surface area contributed by atoms with E-state index in [4.69, 9.17) is 5.73 Å². The molecule has 4 heteroatoms. The van der Waals surface area contributed by atoms with Crippen molar-refractivity contribution in [2.24, 2.45) is 0 Å². The van der Waals surface area contributed by atoms with Crippen LogP contribution >= 0.6 is 0 Å². The second kappa shape index (κ2) is 4.70. The number of rotatable bonds is 2. The molecule has 0 saturated carbocycles. The van der Waals surface area contributed by atoms with Gasteiger partial charge in [0.25, 0.3) is 0 Å². The molecule has 2 N–H and O–H groups in total. The Morgan fingerprint density at radius 1 is 1.25 bits per heavy atom. The van der Waals surface area contributed by atoms with Gasteiger partial charge in [-0.1, -0.05) is 0 Å². The van der Waals surface area contributed by atoms with Gasteiger partial charge in [0.05, 0.1) is 17.6 Å². The monoisotopic (exact) mass is 220 g/mol. The van der Waals surface area contributed by atoms with Crippen LogP contribution in [0.25, 0.3) is 0 Å². The minimum absolute atomic E-state index is 0.636. The number of aromatic nitrogens is 1. The fourth-order valence-corrected chi connectivity index (χ4v) is 2.17. The Hall–Kier alpha value is -1.29. The van der Waals surface area contributed by atoms with Crippen LogP contribution in [-0.2, 0) is 0 Å². The molecule has 4 nitrogen and oxygen atoms in total. The van der Waals surface area contributed by atoms with Crippen LogP contribution in [0.15, 0.2) is 18.5 Å². The van der Waals surface area contributed by atoms with Crippen LogP contribution in [0, 0.1) is 0 Å². The molecule has 2 rings (SSSR count). The number of piperazine rings is 1. The highest BCUT2D eigenvalue weighted by molar-refractivity contribution is 5.66. The average molecular weight is 220 g/mol. The quantitative estimate of drug-likeness (QED) is 0.813. The van der Waals surface area contributed by atoms with Crippen molar-refractivity contribution in [1.29, 1.82) is 0 Å². The summed E-state index contributed by atoms with van der Waals surface area (Å²) in [6.07, 6.45) is 3.53. The molecule has 1 fully saturated rings. The molecular formula is C12H20N4. The molecule has 0 bridgehead atoms. The van der Waals surface area contributed by atoms with E-state index >= 15 is 0 Å². The van der Waals surface area contributed by atoms with Crippen molar-refractivity contribution in [3.05, 3.63) is 18.5 Å². The first kappa shape index (κ1) is 11.2. The first-order chi connectivity index (χ1) is 7.68. The van der Waals surface area contributed by atoms with E-state index in [-0.39, 0.29) is 0 Å². The predicted molar refractivity (Wildman–Crippen MR) is 67.6 cm³/mol. The van der Waals surface area contributed by atoms with Crippen molar-refractivity contribution in [3.63, 3.8) is 0 Å². The van der Waals surface area contributed by atoms with Crippen molar-refractivity contribution in [1.82, 2.24) is 9.88 Å². The highest BCUT2D eigenvalue weighted by atomic mass is 15.3. The predicted octanol–water partition coefficient (Wildman–Crippen LogP) is 1.19. The third-order valence-corrected chi connectivity index (χ3v) is 3.21. The molecule has 1 aliphatic heterocycles. The Kier molecular flexibility index (Phi) is 3.29. The second-order valence-corrected chi connectivity index (χ2v) is 4.55. The summed E-state index contributed by atoms with van der Waals surface area (Å²) < 4.78 is 0. The summed E-state index contributed by atoms with van der Waals surface area (Å²) >= 11 is 0. The Labute approximate surface area is 97.1 Å². The van der Waals surface area contributed by atoms with Gasteiger partial charge >= 0.3 is 0 Å². The summed E-state index contributed by atoms with van der Waals surface area (Å²) in [6.45, 7) is 8.81. The summed E-state index contributed by atoms with van der Waals surface area (Å²) in [5.41, 5.74) is 7.83. The van der Waals surface area contributed by atoms with Crippen molar-refractivity contribution in [2.75, 3.05) is 36.8 Å². The van der Waals surface area contributed by atoms with Gasteiger partial charge in [-0.2, -0.15) is 0 Å². The molecule has 16 heavy (non-hydrogen) atoms. The molecule has 0 aliphatic carbocycles. The lowest BCUT2D eigenvalue weighted by atomic mass is 10.2. The van der Waals surface area contributed by atoms with Gasteiger partial charge in [-0.25, -0.2) is 0 Å². The Morgan fingerprint density at radius 3 is 2.50 bits per heavy atom. The van der Waals surface area contributed by atoms with E-state index in [1.54, 1.807) is 12.4 Å². The number of hydrogen-bond acceptors (Lipinski definition) is 4. The van der Waals surface area contributed by atoms with Crippen LogP contribution in [0.3, 0.4) is 0 Å². The van der Waals surface area contributed by atoms with Gasteiger partial charge in [0.1, 0.15) is 0 Å². The molecule has 0 amide bonds. The normalized spacial score (nSPS) is 18.1. The molecule has 0 atom stereocenters. The molecule has 88 valence electrons. The van der Waals surface area contributed by atoms with Crippen molar-refractivity contribution in [3.8, 4) is 0 Å². The molecule has 1 aromatic heterocycles. The van der Waals surface area contributed by atoms with Crippen LogP contribution < -0.4 is 10.6 Å². The molecule has 1 aliphatic rings. The van der Waals surface area contributed by atoms with E-state index in [0.29, 0.717) is 6.04 Å². The standard InChI is InChI=1S/C12H20N4/c1-10(2)15-5-7-16(8-6-15)12-3-4-14-9-11(12)13/h3-4,9-10H,5-8,13H2,1-2H3. The van der Waals surface area contributed by atoms with Crippen LogP contribution in [0.4, 0.5) is 11.4 Å². The van der Waals surface area contributed by atoms with Crippen molar-refractivity contribution < 1.29 is 0 Å². The van der Waals surface area contributed by atoms with E-state index in [9.17, 15) is 0 Å². The van der Waals surface area contributed by atoms with E-state index in [1.807, 2.05) is 6.07 Å². The summed E-state index contributed by atoms with van der Waals surface area (Å²) in [5.74, 6) is 0. The number of pyridine rings is 1. The Morgan fingerprint density at radius 2 is 1.94 bits per heavy atom. The molecule has 2 heterocycles. The Bertz CT molecular complexity index is 343. The molecule has 1 aromatic rings. The highest BCUT2D eigenvalue weighted by Crippen LogP contribution is 2.22. The van der Waals surface area contributed by atoms with E-state index in [2.05, 4.69) is 28.6 Å². The minimum Gasteiger partial charge on any atom is -0.396 e. The van der Waals surface area contributed by atoms with Gasteiger partial charge in [0.2, 0.25) is 0 Å². The first-order valence-corrected chi connectivity index (χ1v) is 5.87. The van der Waals surface area contributed by atoms with Gasteiger partial charge in [-0.05, 0) is 19.9 Å². The summed E-state index contributed by atoms with van der Waals surface area (Å²) in [4.78, 5) is 8.86. The van der Waals surface area contributed by atoms with Crippen LogP contribution in [-0.4, -0.2) is 42.1 Å². The highest BCUT2D eigenvalue weighted by Gasteiger charge is 2.19. The van der Waals surface area contributed by atoms with Gasteiger partial charge in [-0.15, -0.1) is 0 Å². The fourth-order valence-electron chi connectivity index (χ4n) is 2.17. The summed E-state index contributed by atoms with van der Waals surface area (Å²) in [7, 11) is 0. The van der Waals surface area contributed by atoms with Gasteiger partial charge in [0.15, 0.2) is 0 Å². The largest absolute Gasteiger partial charge is 0.396 e. The van der Waals surface area contributed by atoms with Gasteiger partial charge in [0, 0.05) is 38.4 Å². The molecule has 0 spiro atoms. The maximum Gasteiger partial charge on any atom is 0.0738 e. The minimum atomic E-state index is 0.636. The number of hydrogen-bond donors (Lipinski definition) is 1. The zero-order valence-electron chi connectivity index (χ0n) is 10.1. The number of nitrogens with zero attached hydrogens (tertiary/aromatic N) is 3. The average Bonchev–Trinajstić information content (AvgIpc) is 2.30. The maximum absolute atomic E-state index is 5.93. The number of anilines is 2. The molecular weight excluding hydrogens is 200 g/mol. The second-order valence-electron chi connectivity index (χ2n) is 4.55. The zero-order valence-corrected chi connectivity index (χ0v) is 10.1. The molecule has 1 saturated heterocycles. The number of nitrogens with two attached hydrogens (primary N) is 1. The first-order valence-electron chi connectivity index (χ1n) is 5.87. The lowest BCUT2D eigenvalue weighted by Gasteiger charge is -2.38. The fraction of sp³-hybridized carbons (Fsp3) is 0.583. The topological polar surface area (TPSA) is 45.4 Å². The SMILES string of the molecule is CC(C)N1CCN(c2ccncc2N)CC1. The lowest BCUT2D eigenvalue weighted by molar-refractivity contribution is 0.209. The number of nitrogen functional groups attached to an aromatic ring is 1. The third kappa shape index (κ3) is 2.27. The molecule has 0 unspecified atom stereocenters. The van der Waals surface area contributed by atoms with Crippen LogP contribution in [0.2, 0.25) is 0 Å². The van der Waals surface area contributed by atoms with E-state index in [1.165, 1.54) is 0 Å². The maximum atomic E-state index is 5.93. The smallest absolute Gasteiger partial charge is 0.0738 e. The lowest BCUT2D eigenvalue weighted by Crippen LogP contribution is -2.49. The summed E-state index contributed by atoms with van der Waals surface area (Å²) in [6, 6.07) is 2.64. The molecule has 0 aromatic carbocycles. The van der Waals surface area contributed by atoms with E-state index in [0.717, 1.165) is 37.6 Å². The third-order valence-electron chi connectivity index (χ3n) is 3.21. The Balaban J connectivity index is 2.02. The van der Waals surface area contributed by atoms with Crippen LogP contribution in [0.5, 0.6) is 0 Å².